The van der Waals surface area contributed by atoms with Gasteiger partial charge in [0.15, 0.2) is 5.96 Å². The lowest BCUT2D eigenvalue weighted by molar-refractivity contribution is 0.0914. The molecule has 0 bridgehead atoms. The van der Waals surface area contributed by atoms with Gasteiger partial charge in [0.25, 0.3) is 0 Å². The van der Waals surface area contributed by atoms with E-state index in [1.54, 1.807) is 24.0 Å². The summed E-state index contributed by atoms with van der Waals surface area (Å²) in [5.74, 6) is 0.246. The molecule has 0 saturated carbocycles. The fraction of sp³-hybridized carbons (Fsp3) is 0.500. The van der Waals surface area contributed by atoms with Crippen LogP contribution >= 0.6 is 0 Å². The lowest BCUT2D eigenvalue weighted by Crippen LogP contribution is -2.53. The zero-order valence-electron chi connectivity index (χ0n) is 15.2. The molecule has 2 rings (SSSR count). The molecule has 140 valence electrons. The highest BCUT2D eigenvalue weighted by molar-refractivity contribution is 5.80. The van der Waals surface area contributed by atoms with E-state index < -0.39 is 5.82 Å². The second-order valence-corrected chi connectivity index (χ2v) is 5.76. The molecule has 1 aromatic carbocycles. The van der Waals surface area contributed by atoms with E-state index in [0.29, 0.717) is 50.9 Å². The summed E-state index contributed by atoms with van der Waals surface area (Å²) in [6.07, 6.45) is -0.297. The van der Waals surface area contributed by atoms with Gasteiger partial charge in [-0.3, -0.25) is 0 Å². The van der Waals surface area contributed by atoms with Crippen LogP contribution in [0.25, 0.3) is 0 Å². The van der Waals surface area contributed by atoms with E-state index in [9.17, 15) is 9.18 Å². The first kappa shape index (κ1) is 19.5. The van der Waals surface area contributed by atoms with Gasteiger partial charge in [0, 0.05) is 38.3 Å². The molecule has 0 aromatic heterocycles. The summed E-state index contributed by atoms with van der Waals surface area (Å²) in [6.45, 7) is 7.33. The fourth-order valence-electron chi connectivity index (χ4n) is 2.65. The molecule has 26 heavy (non-hydrogen) atoms. The highest BCUT2D eigenvalue weighted by Crippen LogP contribution is 2.12. The van der Waals surface area contributed by atoms with Gasteiger partial charge < -0.3 is 19.9 Å². The number of ether oxygens (including phenoxy) is 1. The molecule has 1 aliphatic heterocycles. The molecule has 0 atom stereocenters. The Morgan fingerprint density at radius 3 is 2.58 bits per heavy atom. The molecule has 0 radical (unpaired) electrons. The quantitative estimate of drug-likeness (QED) is 0.655. The van der Waals surface area contributed by atoms with Crippen molar-refractivity contribution in [3.63, 3.8) is 0 Å². The van der Waals surface area contributed by atoms with E-state index in [1.807, 2.05) is 17.9 Å². The number of nitriles is 1. The number of hydrogen-bond acceptors (Lipinski definition) is 4. The lowest BCUT2D eigenvalue weighted by atomic mass is 10.1. The number of aliphatic imine (C=N–C) groups is 1. The largest absolute Gasteiger partial charge is 0.450 e. The summed E-state index contributed by atoms with van der Waals surface area (Å²) in [5, 5.41) is 12.0. The smallest absolute Gasteiger partial charge is 0.409 e. The third-order valence-corrected chi connectivity index (χ3v) is 4.02. The Bertz CT molecular complexity index is 693. The van der Waals surface area contributed by atoms with Gasteiger partial charge in [0.2, 0.25) is 0 Å². The molecule has 1 fully saturated rings. The topological polar surface area (TPSA) is 81.0 Å². The maximum absolute atomic E-state index is 14.0. The van der Waals surface area contributed by atoms with Crippen LogP contribution in [0.1, 0.15) is 25.0 Å². The second kappa shape index (κ2) is 9.61. The van der Waals surface area contributed by atoms with Crippen LogP contribution in [0.2, 0.25) is 0 Å². The van der Waals surface area contributed by atoms with Crippen LogP contribution in [0.15, 0.2) is 23.2 Å². The van der Waals surface area contributed by atoms with Crippen molar-refractivity contribution in [2.24, 2.45) is 4.99 Å². The van der Waals surface area contributed by atoms with Crippen molar-refractivity contribution in [3.05, 3.63) is 35.1 Å². The normalized spacial score (nSPS) is 14.8. The zero-order chi connectivity index (χ0) is 18.9. The molecule has 1 N–H and O–H groups in total. The Morgan fingerprint density at radius 1 is 1.31 bits per heavy atom. The van der Waals surface area contributed by atoms with E-state index in [2.05, 4.69) is 10.3 Å². The lowest BCUT2D eigenvalue weighted by Gasteiger charge is -2.35. The predicted octanol–water partition coefficient (Wildman–Crippen LogP) is 1.94. The molecule has 1 amide bonds. The van der Waals surface area contributed by atoms with Crippen LogP contribution in [0.5, 0.6) is 0 Å². The zero-order valence-corrected chi connectivity index (χ0v) is 15.2. The van der Waals surface area contributed by atoms with Gasteiger partial charge >= 0.3 is 6.09 Å². The van der Waals surface area contributed by atoms with Crippen LogP contribution < -0.4 is 5.32 Å². The number of hydrogen-bond donors (Lipinski definition) is 1. The Balaban J connectivity index is 2.01. The third-order valence-electron chi connectivity index (χ3n) is 4.02. The maximum atomic E-state index is 14.0. The Hall–Kier alpha value is -2.82. The number of halogens is 1. The summed E-state index contributed by atoms with van der Waals surface area (Å²) in [7, 11) is 0. The van der Waals surface area contributed by atoms with Crippen LogP contribution in [0, 0.1) is 17.1 Å². The van der Waals surface area contributed by atoms with Crippen molar-refractivity contribution in [2.45, 2.75) is 20.4 Å². The van der Waals surface area contributed by atoms with Gasteiger partial charge in [0.05, 0.1) is 24.8 Å². The molecule has 0 unspecified atom stereocenters. The minimum absolute atomic E-state index is 0.179. The molecule has 7 nitrogen and oxygen atoms in total. The van der Waals surface area contributed by atoms with Gasteiger partial charge in [-0.15, -0.1) is 0 Å². The van der Waals surface area contributed by atoms with E-state index in [4.69, 9.17) is 10.00 Å². The first-order chi connectivity index (χ1) is 12.6. The highest BCUT2D eigenvalue weighted by Gasteiger charge is 2.23. The average Bonchev–Trinajstić information content (AvgIpc) is 2.66. The Kier molecular flexibility index (Phi) is 7.21. The van der Waals surface area contributed by atoms with Crippen LogP contribution in [-0.2, 0) is 11.3 Å². The SMILES string of the molecule is CCNC(=NCc1ccc(C#N)cc1F)N1CCN(C(=O)OCC)CC1. The molecular weight excluding hydrogens is 337 g/mol. The van der Waals surface area contributed by atoms with Gasteiger partial charge in [-0.25, -0.2) is 14.2 Å². The summed E-state index contributed by atoms with van der Waals surface area (Å²) < 4.78 is 19.0. The number of piperazine rings is 1. The van der Waals surface area contributed by atoms with Gasteiger partial charge in [0.1, 0.15) is 5.82 Å². The van der Waals surface area contributed by atoms with Crippen LogP contribution in [-0.4, -0.2) is 61.2 Å². The monoisotopic (exact) mass is 361 g/mol. The van der Waals surface area contributed by atoms with Gasteiger partial charge in [-0.2, -0.15) is 5.26 Å². The van der Waals surface area contributed by atoms with Crippen LogP contribution in [0.3, 0.4) is 0 Å². The minimum atomic E-state index is -0.434. The third kappa shape index (κ3) is 5.09. The first-order valence-electron chi connectivity index (χ1n) is 8.72. The summed E-state index contributed by atoms with van der Waals surface area (Å²) >= 11 is 0. The van der Waals surface area contributed by atoms with Crippen molar-refractivity contribution in [1.29, 1.82) is 5.26 Å². The van der Waals surface area contributed by atoms with Gasteiger partial charge in [-0.1, -0.05) is 6.07 Å². The number of nitrogens with one attached hydrogen (secondary N) is 1. The Labute approximate surface area is 153 Å². The van der Waals surface area contributed by atoms with Crippen molar-refractivity contribution in [1.82, 2.24) is 15.1 Å². The number of rotatable bonds is 4. The molecule has 1 aromatic rings. The summed E-state index contributed by atoms with van der Waals surface area (Å²) in [5.41, 5.74) is 0.724. The number of carbonyl (C=O) groups excluding carboxylic acids is 1. The standard InChI is InChI=1S/C18H24FN5O2/c1-3-21-17(22-13-15-6-5-14(12-20)11-16(15)19)23-7-9-24(10-8-23)18(25)26-4-2/h5-6,11H,3-4,7-10,13H2,1-2H3,(H,21,22). The van der Waals surface area contributed by atoms with Crippen molar-refractivity contribution in [2.75, 3.05) is 39.3 Å². The van der Waals surface area contributed by atoms with Gasteiger partial charge in [-0.05, 0) is 26.0 Å². The average molecular weight is 361 g/mol. The minimum Gasteiger partial charge on any atom is -0.450 e. The fourth-order valence-corrected chi connectivity index (χ4v) is 2.65. The summed E-state index contributed by atoms with van der Waals surface area (Å²) in [6, 6.07) is 6.30. The Morgan fingerprint density at radius 2 is 2.00 bits per heavy atom. The van der Waals surface area contributed by atoms with E-state index in [1.165, 1.54) is 6.07 Å². The van der Waals surface area contributed by atoms with Crippen molar-refractivity contribution in [3.8, 4) is 6.07 Å². The van der Waals surface area contributed by atoms with E-state index in [-0.39, 0.29) is 18.2 Å². The van der Waals surface area contributed by atoms with E-state index in [0.717, 1.165) is 0 Å². The molecule has 0 spiro atoms. The first-order valence-corrected chi connectivity index (χ1v) is 8.72. The number of carbonyl (C=O) groups is 1. The molecule has 8 heteroatoms. The number of guanidine groups is 1. The van der Waals surface area contributed by atoms with Crippen molar-refractivity contribution < 1.29 is 13.9 Å². The molecule has 1 aliphatic rings. The molecular formula is C18H24FN5O2. The van der Waals surface area contributed by atoms with Crippen LogP contribution in [0.4, 0.5) is 9.18 Å². The number of nitrogens with zero attached hydrogens (tertiary/aromatic N) is 4. The molecule has 0 aliphatic carbocycles. The molecule has 1 saturated heterocycles. The van der Waals surface area contributed by atoms with Crippen molar-refractivity contribution >= 4 is 12.1 Å². The number of benzene rings is 1. The molecule has 1 heterocycles. The predicted molar refractivity (Wildman–Crippen MR) is 96.1 cm³/mol. The summed E-state index contributed by atoms with van der Waals surface area (Å²) in [4.78, 5) is 20.0. The second-order valence-electron chi connectivity index (χ2n) is 5.76. The highest BCUT2D eigenvalue weighted by atomic mass is 19.1. The number of amides is 1. The van der Waals surface area contributed by atoms with E-state index >= 15 is 0 Å². The maximum Gasteiger partial charge on any atom is 0.409 e.